The standard InChI is InChI=1S/C29H32BrCl2N3O4S/c1-4-20(3)33-29(37)27(5-2)34(18-24-25(31)12-9-13-26(24)32)28(36)19-35(22-16-14-21(30)15-17-22)40(38,39)23-10-7-6-8-11-23/h6-17,20,27H,4-5,18-19H2,1-3H3,(H,33,37)/t20-,27+/m1/s1. The van der Waals surface area contributed by atoms with Crippen molar-refractivity contribution in [2.24, 2.45) is 0 Å². The van der Waals surface area contributed by atoms with Crippen molar-refractivity contribution in [2.75, 3.05) is 10.8 Å². The predicted molar refractivity (Wildman–Crippen MR) is 164 cm³/mol. The van der Waals surface area contributed by atoms with Crippen LogP contribution in [0.5, 0.6) is 0 Å². The first kappa shape index (κ1) is 31.9. The van der Waals surface area contributed by atoms with Gasteiger partial charge in [-0.1, -0.05) is 77.2 Å². The lowest BCUT2D eigenvalue weighted by atomic mass is 10.1. The minimum absolute atomic E-state index is 0.0352. The van der Waals surface area contributed by atoms with Gasteiger partial charge in [0.25, 0.3) is 10.0 Å². The van der Waals surface area contributed by atoms with E-state index in [4.69, 9.17) is 23.2 Å². The average Bonchev–Trinajstić information content (AvgIpc) is 2.93. The maximum absolute atomic E-state index is 14.1. The maximum Gasteiger partial charge on any atom is 0.264 e. The number of amides is 2. The van der Waals surface area contributed by atoms with Crippen LogP contribution in [0.4, 0.5) is 5.69 Å². The largest absolute Gasteiger partial charge is 0.352 e. The first-order valence-corrected chi connectivity index (χ1v) is 15.8. The van der Waals surface area contributed by atoms with Crippen molar-refractivity contribution in [2.45, 2.75) is 57.1 Å². The van der Waals surface area contributed by atoms with Gasteiger partial charge >= 0.3 is 0 Å². The summed E-state index contributed by atoms with van der Waals surface area (Å²) in [6.45, 7) is 4.99. The molecule has 0 radical (unpaired) electrons. The monoisotopic (exact) mass is 667 g/mol. The zero-order valence-electron chi connectivity index (χ0n) is 22.5. The molecule has 2 amide bonds. The molecule has 3 rings (SSSR count). The van der Waals surface area contributed by atoms with Crippen molar-refractivity contribution in [1.82, 2.24) is 10.2 Å². The zero-order valence-corrected chi connectivity index (χ0v) is 26.4. The number of sulfonamides is 1. The van der Waals surface area contributed by atoms with Gasteiger partial charge in [0.2, 0.25) is 11.8 Å². The molecule has 3 aromatic carbocycles. The summed E-state index contributed by atoms with van der Waals surface area (Å²) >= 11 is 16.3. The second-order valence-corrected chi connectivity index (χ2v) is 12.9. The van der Waals surface area contributed by atoms with Crippen molar-refractivity contribution >= 4 is 66.7 Å². The molecule has 0 aliphatic heterocycles. The van der Waals surface area contributed by atoms with Gasteiger partial charge in [-0.05, 0) is 68.3 Å². The number of hydrogen-bond acceptors (Lipinski definition) is 4. The van der Waals surface area contributed by atoms with E-state index in [2.05, 4.69) is 21.2 Å². The third-order valence-corrected chi connectivity index (χ3v) is 9.53. The van der Waals surface area contributed by atoms with Crippen LogP contribution >= 0.6 is 39.1 Å². The normalized spacial score (nSPS) is 12.8. The topological polar surface area (TPSA) is 86.8 Å². The minimum Gasteiger partial charge on any atom is -0.352 e. The quantitative estimate of drug-likeness (QED) is 0.234. The molecular formula is C29H32BrCl2N3O4S. The van der Waals surface area contributed by atoms with Gasteiger partial charge in [0, 0.05) is 32.7 Å². The summed E-state index contributed by atoms with van der Waals surface area (Å²) in [5.74, 6) is -0.918. The molecule has 0 aliphatic rings. The van der Waals surface area contributed by atoms with Crippen molar-refractivity contribution < 1.29 is 18.0 Å². The highest BCUT2D eigenvalue weighted by Gasteiger charge is 2.34. The van der Waals surface area contributed by atoms with Gasteiger partial charge in [-0.25, -0.2) is 8.42 Å². The minimum atomic E-state index is -4.14. The van der Waals surface area contributed by atoms with Gasteiger partial charge in [-0.15, -0.1) is 0 Å². The number of hydrogen-bond donors (Lipinski definition) is 1. The van der Waals surface area contributed by atoms with E-state index in [9.17, 15) is 18.0 Å². The molecule has 0 aliphatic carbocycles. The van der Waals surface area contributed by atoms with Gasteiger partial charge in [0.15, 0.2) is 0 Å². The fraction of sp³-hybridized carbons (Fsp3) is 0.310. The van der Waals surface area contributed by atoms with E-state index in [-0.39, 0.29) is 23.4 Å². The van der Waals surface area contributed by atoms with Crippen molar-refractivity contribution in [3.63, 3.8) is 0 Å². The first-order valence-electron chi connectivity index (χ1n) is 12.9. The van der Waals surface area contributed by atoms with Crippen LogP contribution in [0.1, 0.15) is 39.2 Å². The molecule has 0 spiro atoms. The van der Waals surface area contributed by atoms with Crippen molar-refractivity contribution in [3.8, 4) is 0 Å². The van der Waals surface area contributed by atoms with Crippen LogP contribution in [-0.4, -0.2) is 43.8 Å². The van der Waals surface area contributed by atoms with Crippen LogP contribution in [0.3, 0.4) is 0 Å². The molecule has 214 valence electrons. The highest BCUT2D eigenvalue weighted by molar-refractivity contribution is 9.10. The zero-order chi connectivity index (χ0) is 29.4. The summed E-state index contributed by atoms with van der Waals surface area (Å²) in [7, 11) is -4.14. The molecule has 2 atom stereocenters. The smallest absolute Gasteiger partial charge is 0.264 e. The van der Waals surface area contributed by atoms with Gasteiger partial charge in [-0.2, -0.15) is 0 Å². The molecule has 0 saturated heterocycles. The molecule has 1 N–H and O–H groups in total. The van der Waals surface area contributed by atoms with Crippen LogP contribution < -0.4 is 9.62 Å². The number of rotatable bonds is 12. The molecule has 11 heteroatoms. The third-order valence-electron chi connectivity index (χ3n) is 6.50. The second-order valence-electron chi connectivity index (χ2n) is 9.26. The van der Waals surface area contributed by atoms with E-state index < -0.39 is 28.5 Å². The van der Waals surface area contributed by atoms with Gasteiger partial charge in [0.05, 0.1) is 10.6 Å². The molecule has 0 heterocycles. The van der Waals surface area contributed by atoms with Crippen molar-refractivity contribution in [1.29, 1.82) is 0 Å². The Bertz CT molecular complexity index is 1400. The van der Waals surface area contributed by atoms with E-state index in [1.165, 1.54) is 17.0 Å². The van der Waals surface area contributed by atoms with Gasteiger partial charge in [-0.3, -0.25) is 13.9 Å². The molecule has 0 saturated carbocycles. The SMILES string of the molecule is CC[C@@H](C)NC(=O)[C@H](CC)N(Cc1c(Cl)cccc1Cl)C(=O)CN(c1ccc(Br)cc1)S(=O)(=O)c1ccccc1. The van der Waals surface area contributed by atoms with Crippen LogP contribution in [0.15, 0.2) is 82.2 Å². The summed E-state index contributed by atoms with van der Waals surface area (Å²) in [6, 6.07) is 18.5. The molecule has 7 nitrogen and oxygen atoms in total. The average molecular weight is 669 g/mol. The lowest BCUT2D eigenvalue weighted by Crippen LogP contribution is -2.53. The maximum atomic E-state index is 14.1. The fourth-order valence-corrected chi connectivity index (χ4v) is 6.29. The van der Waals surface area contributed by atoms with Crippen LogP contribution in [0.25, 0.3) is 0 Å². The Balaban J connectivity index is 2.08. The number of halogens is 3. The number of benzene rings is 3. The van der Waals surface area contributed by atoms with E-state index >= 15 is 0 Å². The molecule has 0 bridgehead atoms. The van der Waals surface area contributed by atoms with E-state index in [1.54, 1.807) is 67.6 Å². The molecule has 0 fully saturated rings. The van der Waals surface area contributed by atoms with Crippen LogP contribution in [0.2, 0.25) is 10.0 Å². The first-order chi connectivity index (χ1) is 19.0. The number of carbonyl (C=O) groups excluding carboxylic acids is 2. The summed E-state index contributed by atoms with van der Waals surface area (Å²) < 4.78 is 29.4. The van der Waals surface area contributed by atoms with E-state index in [0.717, 1.165) is 8.78 Å². The Labute approximate surface area is 254 Å². The van der Waals surface area contributed by atoms with Crippen LogP contribution in [-0.2, 0) is 26.2 Å². The van der Waals surface area contributed by atoms with Crippen molar-refractivity contribution in [3.05, 3.63) is 92.9 Å². The molecule has 3 aromatic rings. The predicted octanol–water partition coefficient (Wildman–Crippen LogP) is 6.67. The Hall–Kier alpha value is -2.59. The molecule has 0 unspecified atom stereocenters. The van der Waals surface area contributed by atoms with Gasteiger partial charge < -0.3 is 10.2 Å². The third kappa shape index (κ3) is 7.78. The van der Waals surface area contributed by atoms with Gasteiger partial charge in [0.1, 0.15) is 12.6 Å². The number of nitrogens with zero attached hydrogens (tertiary/aromatic N) is 2. The number of anilines is 1. The summed E-state index contributed by atoms with van der Waals surface area (Å²) in [6.07, 6.45) is 0.999. The summed E-state index contributed by atoms with van der Waals surface area (Å²) in [5, 5.41) is 3.62. The highest BCUT2D eigenvalue weighted by atomic mass is 79.9. The Kier molecular flexibility index (Phi) is 11.5. The highest BCUT2D eigenvalue weighted by Crippen LogP contribution is 2.29. The van der Waals surface area contributed by atoms with E-state index in [0.29, 0.717) is 34.1 Å². The Morgan fingerprint density at radius 1 is 0.900 bits per heavy atom. The Morgan fingerprint density at radius 3 is 2.05 bits per heavy atom. The fourth-order valence-electron chi connectivity index (χ4n) is 4.07. The summed E-state index contributed by atoms with van der Waals surface area (Å²) in [4.78, 5) is 28.8. The lowest BCUT2D eigenvalue weighted by molar-refractivity contribution is -0.140. The number of carbonyl (C=O) groups is 2. The van der Waals surface area contributed by atoms with Crippen LogP contribution in [0, 0.1) is 0 Å². The molecular weight excluding hydrogens is 637 g/mol. The lowest BCUT2D eigenvalue weighted by Gasteiger charge is -2.34. The summed E-state index contributed by atoms with van der Waals surface area (Å²) in [5.41, 5.74) is 0.767. The van der Waals surface area contributed by atoms with E-state index in [1.807, 2.05) is 13.8 Å². The molecule has 0 aromatic heterocycles. The number of nitrogens with one attached hydrogen (secondary N) is 1. The molecule has 40 heavy (non-hydrogen) atoms. The Morgan fingerprint density at radius 2 is 1.50 bits per heavy atom. The second kappa shape index (κ2) is 14.3.